The van der Waals surface area contributed by atoms with Crippen molar-refractivity contribution >= 4 is 0 Å². The molecule has 0 saturated carbocycles. The first kappa shape index (κ1) is 15.6. The van der Waals surface area contributed by atoms with Crippen molar-refractivity contribution in [2.45, 2.75) is 40.7 Å². The summed E-state index contributed by atoms with van der Waals surface area (Å²) in [6.07, 6.45) is 0. The highest BCUT2D eigenvalue weighted by molar-refractivity contribution is 5.48. The molecule has 0 aliphatic rings. The first-order chi connectivity index (χ1) is 10.0. The fourth-order valence-corrected chi connectivity index (χ4v) is 2.54. The average molecular weight is 283 g/mol. The van der Waals surface area contributed by atoms with Crippen LogP contribution in [0.4, 0.5) is 0 Å². The van der Waals surface area contributed by atoms with Gasteiger partial charge in [0.1, 0.15) is 11.5 Å². The molecule has 112 valence electrons. The molecule has 0 aliphatic heterocycles. The maximum atomic E-state index is 6.28. The average Bonchev–Trinajstić information content (AvgIpc) is 2.48. The van der Waals surface area contributed by atoms with Crippen LogP contribution >= 0.6 is 0 Å². The van der Waals surface area contributed by atoms with Crippen LogP contribution in [0.2, 0.25) is 0 Å². The number of para-hydroxylation sites is 1. The minimum absolute atomic E-state index is 0.275. The standard InChI is InChI=1S/C19H25NO/c1-6-20-16(5)17-9-7-8-10-18(17)21-19-14(3)12-11-13(2)15(19)4/h7-12,16,20H,6H2,1-5H3. The van der Waals surface area contributed by atoms with E-state index in [9.17, 15) is 0 Å². The highest BCUT2D eigenvalue weighted by Gasteiger charge is 2.13. The summed E-state index contributed by atoms with van der Waals surface area (Å²) in [4.78, 5) is 0. The number of ether oxygens (including phenoxy) is 1. The summed E-state index contributed by atoms with van der Waals surface area (Å²) >= 11 is 0. The van der Waals surface area contributed by atoms with Gasteiger partial charge in [0, 0.05) is 11.6 Å². The quantitative estimate of drug-likeness (QED) is 0.826. The lowest BCUT2D eigenvalue weighted by molar-refractivity contribution is 0.456. The second-order valence-electron chi connectivity index (χ2n) is 5.57. The molecule has 2 heteroatoms. The fourth-order valence-electron chi connectivity index (χ4n) is 2.54. The molecule has 0 bridgehead atoms. The third-order valence-corrected chi connectivity index (χ3v) is 3.98. The zero-order chi connectivity index (χ0) is 15.4. The molecule has 0 radical (unpaired) electrons. The molecule has 21 heavy (non-hydrogen) atoms. The first-order valence-corrected chi connectivity index (χ1v) is 7.61. The highest BCUT2D eigenvalue weighted by Crippen LogP contribution is 2.34. The van der Waals surface area contributed by atoms with E-state index in [1.165, 1.54) is 22.3 Å². The van der Waals surface area contributed by atoms with E-state index < -0.39 is 0 Å². The Hall–Kier alpha value is -1.80. The van der Waals surface area contributed by atoms with Gasteiger partial charge in [-0.15, -0.1) is 0 Å². The van der Waals surface area contributed by atoms with Crippen molar-refractivity contribution in [3.8, 4) is 11.5 Å². The van der Waals surface area contributed by atoms with Crippen molar-refractivity contribution in [1.29, 1.82) is 0 Å². The van der Waals surface area contributed by atoms with Gasteiger partial charge < -0.3 is 10.1 Å². The molecule has 0 aromatic heterocycles. The van der Waals surface area contributed by atoms with E-state index in [-0.39, 0.29) is 6.04 Å². The number of hydrogen-bond acceptors (Lipinski definition) is 2. The Bertz CT molecular complexity index is 619. The van der Waals surface area contributed by atoms with E-state index in [2.05, 4.69) is 64.2 Å². The van der Waals surface area contributed by atoms with E-state index in [0.29, 0.717) is 0 Å². The van der Waals surface area contributed by atoms with Crippen LogP contribution in [0.1, 0.15) is 42.1 Å². The summed E-state index contributed by atoms with van der Waals surface area (Å²) < 4.78 is 6.28. The molecular weight excluding hydrogens is 258 g/mol. The lowest BCUT2D eigenvalue weighted by Gasteiger charge is -2.19. The van der Waals surface area contributed by atoms with Gasteiger partial charge >= 0.3 is 0 Å². The minimum atomic E-state index is 0.275. The monoisotopic (exact) mass is 283 g/mol. The predicted octanol–water partition coefficient (Wildman–Crippen LogP) is 5.07. The molecule has 0 fully saturated rings. The lowest BCUT2D eigenvalue weighted by atomic mass is 10.0. The third-order valence-electron chi connectivity index (χ3n) is 3.98. The normalized spacial score (nSPS) is 12.2. The van der Waals surface area contributed by atoms with Crippen LogP contribution in [0.3, 0.4) is 0 Å². The van der Waals surface area contributed by atoms with E-state index in [4.69, 9.17) is 4.74 Å². The van der Waals surface area contributed by atoms with Gasteiger partial charge in [-0.25, -0.2) is 0 Å². The van der Waals surface area contributed by atoms with Gasteiger partial charge in [0.15, 0.2) is 0 Å². The molecule has 2 rings (SSSR count). The van der Waals surface area contributed by atoms with Crippen LogP contribution in [0.15, 0.2) is 36.4 Å². The van der Waals surface area contributed by atoms with Crippen LogP contribution in [0, 0.1) is 20.8 Å². The second-order valence-corrected chi connectivity index (χ2v) is 5.57. The molecule has 2 aromatic rings. The van der Waals surface area contributed by atoms with Gasteiger partial charge in [0.25, 0.3) is 0 Å². The summed E-state index contributed by atoms with van der Waals surface area (Å²) in [7, 11) is 0. The maximum Gasteiger partial charge on any atom is 0.133 e. The molecule has 1 unspecified atom stereocenters. The molecule has 1 N–H and O–H groups in total. The van der Waals surface area contributed by atoms with Crippen molar-refractivity contribution in [3.63, 3.8) is 0 Å². The Kier molecular flexibility index (Phi) is 5.03. The fraction of sp³-hybridized carbons (Fsp3) is 0.368. The van der Waals surface area contributed by atoms with E-state index in [0.717, 1.165) is 18.0 Å². The summed E-state index contributed by atoms with van der Waals surface area (Å²) in [5.74, 6) is 1.91. The summed E-state index contributed by atoms with van der Waals surface area (Å²) in [5, 5.41) is 3.45. The largest absolute Gasteiger partial charge is 0.456 e. The summed E-state index contributed by atoms with van der Waals surface area (Å²) in [6, 6.07) is 12.8. The van der Waals surface area contributed by atoms with Crippen molar-refractivity contribution in [1.82, 2.24) is 5.32 Å². The summed E-state index contributed by atoms with van der Waals surface area (Å²) in [5.41, 5.74) is 4.83. The Balaban J connectivity index is 2.39. The van der Waals surface area contributed by atoms with Crippen LogP contribution in [-0.4, -0.2) is 6.54 Å². The Labute approximate surface area is 128 Å². The molecule has 0 spiro atoms. The number of aryl methyl sites for hydroxylation is 2. The van der Waals surface area contributed by atoms with E-state index in [1.54, 1.807) is 0 Å². The van der Waals surface area contributed by atoms with Gasteiger partial charge in [0.05, 0.1) is 0 Å². The molecule has 0 aliphatic carbocycles. The van der Waals surface area contributed by atoms with Crippen molar-refractivity contribution in [2.75, 3.05) is 6.54 Å². The van der Waals surface area contributed by atoms with Crippen molar-refractivity contribution in [2.24, 2.45) is 0 Å². The van der Waals surface area contributed by atoms with Crippen molar-refractivity contribution in [3.05, 3.63) is 58.7 Å². The first-order valence-electron chi connectivity index (χ1n) is 7.61. The van der Waals surface area contributed by atoms with Gasteiger partial charge in [-0.3, -0.25) is 0 Å². The Morgan fingerprint density at radius 2 is 1.67 bits per heavy atom. The van der Waals surface area contributed by atoms with Gasteiger partial charge in [-0.1, -0.05) is 37.3 Å². The van der Waals surface area contributed by atoms with Crippen molar-refractivity contribution < 1.29 is 4.74 Å². The van der Waals surface area contributed by atoms with Gasteiger partial charge in [-0.05, 0) is 57.0 Å². The molecule has 2 nitrogen and oxygen atoms in total. The predicted molar refractivity (Wildman–Crippen MR) is 89.3 cm³/mol. The second kappa shape index (κ2) is 6.77. The zero-order valence-electron chi connectivity index (χ0n) is 13.7. The Morgan fingerprint density at radius 3 is 2.38 bits per heavy atom. The SMILES string of the molecule is CCNC(C)c1ccccc1Oc1c(C)ccc(C)c1C. The Morgan fingerprint density at radius 1 is 1.00 bits per heavy atom. The minimum Gasteiger partial charge on any atom is -0.456 e. The maximum absolute atomic E-state index is 6.28. The molecule has 0 heterocycles. The van der Waals surface area contributed by atoms with Crippen LogP contribution < -0.4 is 10.1 Å². The molecular formula is C19H25NO. The number of nitrogens with one attached hydrogen (secondary N) is 1. The van der Waals surface area contributed by atoms with E-state index >= 15 is 0 Å². The highest BCUT2D eigenvalue weighted by atomic mass is 16.5. The smallest absolute Gasteiger partial charge is 0.133 e. The molecule has 0 saturated heterocycles. The third kappa shape index (κ3) is 3.45. The number of hydrogen-bond donors (Lipinski definition) is 1. The number of benzene rings is 2. The van der Waals surface area contributed by atoms with Gasteiger partial charge in [0.2, 0.25) is 0 Å². The number of rotatable bonds is 5. The molecule has 0 amide bonds. The summed E-state index contributed by atoms with van der Waals surface area (Å²) in [6.45, 7) is 11.6. The van der Waals surface area contributed by atoms with Crippen LogP contribution in [-0.2, 0) is 0 Å². The molecule has 1 atom stereocenters. The zero-order valence-corrected chi connectivity index (χ0v) is 13.7. The van der Waals surface area contributed by atoms with E-state index in [1.807, 2.05) is 12.1 Å². The van der Waals surface area contributed by atoms with Crippen LogP contribution in [0.5, 0.6) is 11.5 Å². The lowest BCUT2D eigenvalue weighted by Crippen LogP contribution is -2.18. The topological polar surface area (TPSA) is 21.3 Å². The van der Waals surface area contributed by atoms with Crippen LogP contribution in [0.25, 0.3) is 0 Å². The molecule has 2 aromatic carbocycles. The van der Waals surface area contributed by atoms with Gasteiger partial charge in [-0.2, -0.15) is 0 Å².